The Morgan fingerprint density at radius 3 is 2.12 bits per heavy atom. The molecule has 0 aliphatic heterocycles. The van der Waals surface area contributed by atoms with Crippen LogP contribution in [0.3, 0.4) is 0 Å². The van der Waals surface area contributed by atoms with Crippen molar-refractivity contribution in [1.82, 2.24) is 5.32 Å². The van der Waals surface area contributed by atoms with Gasteiger partial charge in [-0.15, -0.1) is 0 Å². The number of nitrogens with one attached hydrogen (secondary N) is 1. The molecule has 1 aromatic rings. The highest BCUT2D eigenvalue weighted by Gasteiger charge is 2.24. The maximum Gasteiger partial charge on any atom is 0.342 e. The molecule has 0 saturated carbocycles. The molecule has 0 saturated heterocycles. The third kappa shape index (κ3) is 4.71. The number of nitrogens with two attached hydrogens (primary N) is 1. The smallest absolute Gasteiger partial charge is 0.342 e. The molecule has 132 valence electrons. The minimum atomic E-state index is -1.23. The third-order valence-electron chi connectivity index (χ3n) is 3.57. The minimum Gasteiger partial charge on any atom is -0.507 e. The highest BCUT2D eigenvalue weighted by Crippen LogP contribution is 2.33. The third-order valence-corrected chi connectivity index (χ3v) is 3.57. The summed E-state index contributed by atoms with van der Waals surface area (Å²) in [5, 5.41) is 12.2. The van der Waals surface area contributed by atoms with Crippen molar-refractivity contribution in [3.05, 3.63) is 28.8 Å². The van der Waals surface area contributed by atoms with Crippen LogP contribution < -0.4 is 11.1 Å². The van der Waals surface area contributed by atoms with Gasteiger partial charge in [-0.2, -0.15) is 0 Å². The maximum absolute atomic E-state index is 12.3. The summed E-state index contributed by atoms with van der Waals surface area (Å²) in [6.45, 7) is 9.04. The summed E-state index contributed by atoms with van der Waals surface area (Å²) in [5.74, 6) is -1.69. The maximum atomic E-state index is 12.3. The molecule has 4 N–H and O–H groups in total. The number of hydrogen-bond donors (Lipinski definition) is 3. The summed E-state index contributed by atoms with van der Waals surface area (Å²) in [6.07, 6.45) is -1.23. The van der Waals surface area contributed by atoms with E-state index in [0.29, 0.717) is 5.56 Å². The summed E-state index contributed by atoms with van der Waals surface area (Å²) in [7, 11) is 0. The van der Waals surface area contributed by atoms with Crippen LogP contribution in [0.25, 0.3) is 0 Å². The van der Waals surface area contributed by atoms with Crippen LogP contribution in [0.5, 0.6) is 5.75 Å². The molecule has 1 rings (SSSR count). The van der Waals surface area contributed by atoms with Crippen molar-refractivity contribution in [2.75, 3.05) is 0 Å². The van der Waals surface area contributed by atoms with Crippen LogP contribution in [0.1, 0.15) is 67.9 Å². The standard InChI is InChI=1S/C17H24N2O5/c1-8(2)11-6-12(9(3)4)14(20)13(7-11)16(22)24-10(5)15(21)19-17(18)23/h6-10,20H,1-5H3,(H3,18,19,21,23). The molecule has 24 heavy (non-hydrogen) atoms. The van der Waals surface area contributed by atoms with E-state index in [-0.39, 0.29) is 23.1 Å². The number of phenolic OH excluding ortho intramolecular Hbond substituents is 1. The molecule has 7 nitrogen and oxygen atoms in total. The molecule has 1 atom stereocenters. The molecule has 0 aromatic heterocycles. The van der Waals surface area contributed by atoms with Crippen LogP contribution in [0, 0.1) is 0 Å². The van der Waals surface area contributed by atoms with E-state index in [0.717, 1.165) is 5.56 Å². The lowest BCUT2D eigenvalue weighted by Crippen LogP contribution is -2.42. The molecule has 0 heterocycles. The van der Waals surface area contributed by atoms with Gasteiger partial charge in [-0.3, -0.25) is 10.1 Å². The summed E-state index contributed by atoms with van der Waals surface area (Å²) < 4.78 is 5.03. The van der Waals surface area contributed by atoms with Crippen LogP contribution in [0.4, 0.5) is 4.79 Å². The average molecular weight is 336 g/mol. The number of primary amides is 1. The number of rotatable bonds is 5. The first kappa shape index (κ1) is 19.5. The van der Waals surface area contributed by atoms with Gasteiger partial charge in [0.1, 0.15) is 11.3 Å². The second-order valence-corrected chi connectivity index (χ2v) is 6.22. The molecular weight excluding hydrogens is 312 g/mol. The fraction of sp³-hybridized carbons (Fsp3) is 0.471. The topological polar surface area (TPSA) is 119 Å². The fourth-order valence-electron chi connectivity index (χ4n) is 2.11. The van der Waals surface area contributed by atoms with Gasteiger partial charge >= 0.3 is 12.0 Å². The summed E-state index contributed by atoms with van der Waals surface area (Å²) in [4.78, 5) is 34.6. The van der Waals surface area contributed by atoms with Gasteiger partial charge in [-0.1, -0.05) is 33.8 Å². The monoisotopic (exact) mass is 336 g/mol. The molecule has 0 bridgehead atoms. The Bertz CT molecular complexity index is 653. The zero-order valence-corrected chi connectivity index (χ0v) is 14.5. The molecular formula is C17H24N2O5. The van der Waals surface area contributed by atoms with Gasteiger partial charge in [-0.25, -0.2) is 9.59 Å². The van der Waals surface area contributed by atoms with Crippen molar-refractivity contribution in [3.63, 3.8) is 0 Å². The van der Waals surface area contributed by atoms with Crippen molar-refractivity contribution in [2.24, 2.45) is 5.73 Å². The number of urea groups is 1. The number of benzene rings is 1. The first-order valence-corrected chi connectivity index (χ1v) is 7.72. The van der Waals surface area contributed by atoms with Crippen LogP contribution in [-0.4, -0.2) is 29.1 Å². The normalized spacial score (nSPS) is 12.1. The molecule has 3 amide bonds. The number of phenols is 1. The minimum absolute atomic E-state index is 0.00540. The molecule has 0 aliphatic rings. The molecule has 0 aliphatic carbocycles. The number of carbonyl (C=O) groups excluding carboxylic acids is 3. The van der Waals surface area contributed by atoms with Gasteiger partial charge in [0, 0.05) is 0 Å². The SMILES string of the molecule is CC(OC(=O)c1cc(C(C)C)cc(C(C)C)c1O)C(=O)NC(N)=O. The number of ether oxygens (including phenoxy) is 1. The number of esters is 1. The van der Waals surface area contributed by atoms with Gasteiger partial charge < -0.3 is 15.6 Å². The Morgan fingerprint density at radius 1 is 1.08 bits per heavy atom. The van der Waals surface area contributed by atoms with E-state index >= 15 is 0 Å². The zero-order valence-electron chi connectivity index (χ0n) is 14.5. The largest absolute Gasteiger partial charge is 0.507 e. The Morgan fingerprint density at radius 2 is 1.67 bits per heavy atom. The van der Waals surface area contributed by atoms with E-state index in [4.69, 9.17) is 10.5 Å². The van der Waals surface area contributed by atoms with E-state index in [2.05, 4.69) is 0 Å². The van der Waals surface area contributed by atoms with Crippen LogP contribution in [-0.2, 0) is 9.53 Å². The first-order chi connectivity index (χ1) is 11.0. The van der Waals surface area contributed by atoms with Crippen LogP contribution >= 0.6 is 0 Å². The second kappa shape index (κ2) is 7.81. The Hall–Kier alpha value is -2.57. The van der Waals surface area contributed by atoms with Crippen LogP contribution in [0.15, 0.2) is 12.1 Å². The molecule has 0 spiro atoms. The van der Waals surface area contributed by atoms with E-state index in [1.807, 2.05) is 39.1 Å². The second-order valence-electron chi connectivity index (χ2n) is 6.22. The number of imide groups is 1. The van der Waals surface area contributed by atoms with Gasteiger partial charge in [-0.05, 0) is 36.0 Å². The van der Waals surface area contributed by atoms with Crippen molar-refractivity contribution in [1.29, 1.82) is 0 Å². The lowest BCUT2D eigenvalue weighted by Gasteiger charge is -2.18. The number of hydrogen-bond acceptors (Lipinski definition) is 5. The molecule has 7 heteroatoms. The predicted octanol–water partition coefficient (Wildman–Crippen LogP) is 2.38. The zero-order chi connectivity index (χ0) is 18.6. The van der Waals surface area contributed by atoms with E-state index in [1.54, 1.807) is 6.07 Å². The number of aromatic hydroxyl groups is 1. The lowest BCUT2D eigenvalue weighted by molar-refractivity contribution is -0.127. The Labute approximate surface area is 141 Å². The molecule has 1 aromatic carbocycles. The van der Waals surface area contributed by atoms with Gasteiger partial charge in [0.25, 0.3) is 5.91 Å². The molecule has 0 radical (unpaired) electrons. The van der Waals surface area contributed by atoms with Crippen molar-refractivity contribution in [3.8, 4) is 5.75 Å². The summed E-state index contributed by atoms with van der Waals surface area (Å²) in [6, 6.07) is 2.37. The van der Waals surface area contributed by atoms with E-state index < -0.39 is 24.0 Å². The van der Waals surface area contributed by atoms with Gasteiger partial charge in [0.05, 0.1) is 0 Å². The van der Waals surface area contributed by atoms with Crippen molar-refractivity contribution in [2.45, 2.75) is 52.6 Å². The molecule has 1 unspecified atom stereocenters. The summed E-state index contributed by atoms with van der Waals surface area (Å²) in [5.41, 5.74) is 6.34. The number of amides is 3. The molecule has 0 fully saturated rings. The van der Waals surface area contributed by atoms with Crippen molar-refractivity contribution < 1.29 is 24.2 Å². The van der Waals surface area contributed by atoms with E-state index in [9.17, 15) is 19.5 Å². The number of carbonyl (C=O) groups is 3. The van der Waals surface area contributed by atoms with Crippen LogP contribution in [0.2, 0.25) is 0 Å². The van der Waals surface area contributed by atoms with Gasteiger partial charge in [0.15, 0.2) is 6.10 Å². The highest BCUT2D eigenvalue weighted by molar-refractivity contribution is 5.99. The quantitative estimate of drug-likeness (QED) is 0.713. The average Bonchev–Trinajstić information content (AvgIpc) is 2.45. The lowest BCUT2D eigenvalue weighted by atomic mass is 9.92. The Balaban J connectivity index is 3.13. The first-order valence-electron chi connectivity index (χ1n) is 7.72. The summed E-state index contributed by atoms with van der Waals surface area (Å²) >= 11 is 0. The fourth-order valence-corrected chi connectivity index (χ4v) is 2.11. The Kier molecular flexibility index (Phi) is 6.34. The highest BCUT2D eigenvalue weighted by atomic mass is 16.5. The predicted molar refractivity (Wildman–Crippen MR) is 88.9 cm³/mol. The van der Waals surface area contributed by atoms with Gasteiger partial charge in [0.2, 0.25) is 0 Å². The van der Waals surface area contributed by atoms with E-state index in [1.165, 1.54) is 6.92 Å². The van der Waals surface area contributed by atoms with Crippen molar-refractivity contribution >= 4 is 17.9 Å².